The second-order valence-corrected chi connectivity index (χ2v) is 6.45. The van der Waals surface area contributed by atoms with Crippen molar-refractivity contribution in [2.24, 2.45) is 0 Å². The molecule has 0 saturated heterocycles. The Morgan fingerprint density at radius 3 is 2.69 bits per heavy atom. The first kappa shape index (κ1) is 18.5. The molecule has 1 N–H and O–H groups in total. The van der Waals surface area contributed by atoms with Crippen LogP contribution in [0.4, 0.5) is 10.1 Å². The Balaban J connectivity index is 1.56. The monoisotopic (exact) mass is 397 g/mol. The van der Waals surface area contributed by atoms with E-state index in [0.29, 0.717) is 22.7 Å². The molecule has 0 radical (unpaired) electrons. The molecule has 4 rings (SSSR count). The van der Waals surface area contributed by atoms with Gasteiger partial charge in [0.1, 0.15) is 12.4 Å². The number of nitrogens with zero attached hydrogens (tertiary/aromatic N) is 2. The van der Waals surface area contributed by atoms with Crippen molar-refractivity contribution < 1.29 is 18.7 Å². The summed E-state index contributed by atoms with van der Waals surface area (Å²) >= 11 is 0. The number of carbonyl (C=O) groups is 1. The Kier molecular flexibility index (Phi) is 4.63. The average Bonchev–Trinajstić information content (AvgIpc) is 3.15. The number of hydrogen-bond acceptors (Lipinski definition) is 5. The molecular formula is C20H16FN3O5. The smallest absolute Gasteiger partial charge is 0.320 e. The predicted molar refractivity (Wildman–Crippen MR) is 102 cm³/mol. The lowest BCUT2D eigenvalue weighted by atomic mass is 10.2. The molecule has 1 aliphatic heterocycles. The standard InChI is InChI=1S/C20H16FN3O5/c1-12-2-3-13(21)8-15(12)24-7-6-23(19(26)20(24)27)10-18(25)22-14-4-5-16-17(9-14)29-11-28-16/h2-9H,10-11H2,1H3,(H,22,25). The highest BCUT2D eigenvalue weighted by Crippen LogP contribution is 2.34. The number of rotatable bonds is 4. The van der Waals surface area contributed by atoms with Gasteiger partial charge in [-0.15, -0.1) is 0 Å². The molecular weight excluding hydrogens is 381 g/mol. The van der Waals surface area contributed by atoms with Gasteiger partial charge in [0.25, 0.3) is 0 Å². The van der Waals surface area contributed by atoms with Gasteiger partial charge in [-0.3, -0.25) is 23.5 Å². The van der Waals surface area contributed by atoms with Gasteiger partial charge < -0.3 is 14.8 Å². The van der Waals surface area contributed by atoms with Crippen molar-refractivity contribution in [1.29, 1.82) is 0 Å². The minimum Gasteiger partial charge on any atom is -0.454 e. The van der Waals surface area contributed by atoms with Crippen LogP contribution >= 0.6 is 0 Å². The zero-order chi connectivity index (χ0) is 20.5. The van der Waals surface area contributed by atoms with Crippen molar-refractivity contribution in [3.63, 3.8) is 0 Å². The number of amides is 1. The van der Waals surface area contributed by atoms with Crippen LogP contribution in [0, 0.1) is 12.7 Å². The fraction of sp³-hybridized carbons (Fsp3) is 0.150. The molecule has 1 amide bonds. The summed E-state index contributed by atoms with van der Waals surface area (Å²) in [5.41, 5.74) is -0.402. The molecule has 2 heterocycles. The number of anilines is 1. The number of halogens is 1. The zero-order valence-corrected chi connectivity index (χ0v) is 15.3. The number of ether oxygens (including phenoxy) is 2. The molecule has 0 spiro atoms. The quantitative estimate of drug-likeness (QED) is 0.678. The minimum atomic E-state index is -0.892. The second kappa shape index (κ2) is 7.27. The van der Waals surface area contributed by atoms with Crippen LogP contribution in [0.3, 0.4) is 0 Å². The summed E-state index contributed by atoms with van der Waals surface area (Å²) in [4.78, 5) is 37.2. The van der Waals surface area contributed by atoms with Crippen molar-refractivity contribution in [3.8, 4) is 17.2 Å². The summed E-state index contributed by atoms with van der Waals surface area (Å²) in [6, 6.07) is 8.86. The van der Waals surface area contributed by atoms with Gasteiger partial charge in [-0.25, -0.2) is 4.39 Å². The number of fused-ring (bicyclic) bond motifs is 1. The van der Waals surface area contributed by atoms with E-state index < -0.39 is 22.8 Å². The van der Waals surface area contributed by atoms with E-state index in [0.717, 1.165) is 9.13 Å². The SMILES string of the molecule is Cc1ccc(F)cc1-n1ccn(CC(=O)Nc2ccc3c(c2)OCO3)c(=O)c1=O. The minimum absolute atomic E-state index is 0.114. The molecule has 3 aromatic rings. The molecule has 1 aromatic heterocycles. The lowest BCUT2D eigenvalue weighted by Gasteiger charge is -2.11. The van der Waals surface area contributed by atoms with Gasteiger partial charge in [0.05, 0.1) is 5.69 Å². The average molecular weight is 397 g/mol. The van der Waals surface area contributed by atoms with E-state index in [2.05, 4.69) is 5.32 Å². The maximum Gasteiger partial charge on any atom is 0.320 e. The first-order valence-corrected chi connectivity index (χ1v) is 8.70. The van der Waals surface area contributed by atoms with Crippen LogP contribution in [0.5, 0.6) is 11.5 Å². The van der Waals surface area contributed by atoms with E-state index in [1.54, 1.807) is 25.1 Å². The Bertz CT molecular complexity index is 1230. The van der Waals surface area contributed by atoms with E-state index in [1.807, 2.05) is 0 Å². The van der Waals surface area contributed by atoms with Crippen LogP contribution < -0.4 is 25.9 Å². The van der Waals surface area contributed by atoms with Gasteiger partial charge in [-0.05, 0) is 36.8 Å². The summed E-state index contributed by atoms with van der Waals surface area (Å²) in [5.74, 6) is 0.0679. The molecule has 2 aromatic carbocycles. The summed E-state index contributed by atoms with van der Waals surface area (Å²) < 4.78 is 26.0. The van der Waals surface area contributed by atoms with Gasteiger partial charge in [-0.2, -0.15) is 0 Å². The number of hydrogen-bond donors (Lipinski definition) is 1. The Labute approximate surface area is 163 Å². The van der Waals surface area contributed by atoms with Crippen LogP contribution in [0.15, 0.2) is 58.4 Å². The van der Waals surface area contributed by atoms with Crippen LogP contribution in [0.2, 0.25) is 0 Å². The highest BCUT2D eigenvalue weighted by molar-refractivity contribution is 5.91. The van der Waals surface area contributed by atoms with Crippen LogP contribution in [0.25, 0.3) is 5.69 Å². The molecule has 0 fully saturated rings. The van der Waals surface area contributed by atoms with Crippen molar-refractivity contribution in [1.82, 2.24) is 9.13 Å². The highest BCUT2D eigenvalue weighted by Gasteiger charge is 2.15. The topological polar surface area (TPSA) is 91.6 Å². The molecule has 0 saturated carbocycles. The summed E-state index contributed by atoms with van der Waals surface area (Å²) in [6.45, 7) is 1.46. The Morgan fingerprint density at radius 2 is 1.86 bits per heavy atom. The Morgan fingerprint density at radius 1 is 1.07 bits per heavy atom. The van der Waals surface area contributed by atoms with Gasteiger partial charge in [0.2, 0.25) is 12.7 Å². The van der Waals surface area contributed by atoms with Crippen molar-refractivity contribution in [3.05, 3.63) is 80.9 Å². The lowest BCUT2D eigenvalue weighted by molar-refractivity contribution is -0.116. The van der Waals surface area contributed by atoms with Crippen molar-refractivity contribution >= 4 is 11.6 Å². The third kappa shape index (κ3) is 3.62. The van der Waals surface area contributed by atoms with Crippen LogP contribution in [-0.4, -0.2) is 21.8 Å². The van der Waals surface area contributed by atoms with Gasteiger partial charge >= 0.3 is 11.1 Å². The summed E-state index contributed by atoms with van der Waals surface area (Å²) in [6.07, 6.45) is 2.65. The third-order valence-corrected chi connectivity index (χ3v) is 4.46. The normalized spacial score (nSPS) is 12.1. The molecule has 0 aliphatic carbocycles. The molecule has 1 aliphatic rings. The zero-order valence-electron chi connectivity index (χ0n) is 15.3. The number of benzene rings is 2. The van der Waals surface area contributed by atoms with Gasteiger partial charge in [-0.1, -0.05) is 6.07 Å². The van der Waals surface area contributed by atoms with Gasteiger partial charge in [0.15, 0.2) is 11.5 Å². The molecule has 8 nitrogen and oxygen atoms in total. The molecule has 0 unspecified atom stereocenters. The fourth-order valence-corrected chi connectivity index (χ4v) is 2.99. The van der Waals surface area contributed by atoms with E-state index in [-0.39, 0.29) is 19.0 Å². The molecule has 148 valence electrons. The first-order valence-electron chi connectivity index (χ1n) is 8.70. The maximum atomic E-state index is 13.5. The predicted octanol–water partition coefficient (Wildman–Crippen LogP) is 1.81. The fourth-order valence-electron chi connectivity index (χ4n) is 2.99. The van der Waals surface area contributed by atoms with E-state index >= 15 is 0 Å². The van der Waals surface area contributed by atoms with Crippen LogP contribution in [0.1, 0.15) is 5.56 Å². The highest BCUT2D eigenvalue weighted by atomic mass is 19.1. The molecule has 9 heteroatoms. The summed E-state index contributed by atoms with van der Waals surface area (Å²) in [5, 5.41) is 2.64. The Hall–Kier alpha value is -3.88. The van der Waals surface area contributed by atoms with E-state index in [4.69, 9.17) is 9.47 Å². The molecule has 29 heavy (non-hydrogen) atoms. The number of nitrogens with one attached hydrogen (secondary N) is 1. The van der Waals surface area contributed by atoms with E-state index in [1.165, 1.54) is 30.6 Å². The van der Waals surface area contributed by atoms with E-state index in [9.17, 15) is 18.8 Å². The first-order chi connectivity index (χ1) is 13.9. The molecule has 0 atom stereocenters. The maximum absolute atomic E-state index is 13.5. The third-order valence-electron chi connectivity index (χ3n) is 4.46. The number of aryl methyl sites for hydroxylation is 1. The number of carbonyl (C=O) groups excluding carboxylic acids is 1. The largest absolute Gasteiger partial charge is 0.454 e. The lowest BCUT2D eigenvalue weighted by Crippen LogP contribution is -2.41. The van der Waals surface area contributed by atoms with Crippen molar-refractivity contribution in [2.45, 2.75) is 13.5 Å². The molecule has 0 bridgehead atoms. The number of aromatic nitrogens is 2. The second-order valence-electron chi connectivity index (χ2n) is 6.45. The van der Waals surface area contributed by atoms with Crippen LogP contribution in [-0.2, 0) is 11.3 Å². The van der Waals surface area contributed by atoms with Gasteiger partial charge in [0, 0.05) is 24.1 Å². The summed E-state index contributed by atoms with van der Waals surface area (Å²) in [7, 11) is 0. The van der Waals surface area contributed by atoms with Crippen molar-refractivity contribution in [2.75, 3.05) is 12.1 Å².